The third kappa shape index (κ3) is 5.14. The highest BCUT2D eigenvalue weighted by Crippen LogP contribution is 2.26. The van der Waals surface area contributed by atoms with Gasteiger partial charge >= 0.3 is 0 Å². The molecule has 1 aliphatic heterocycles. The Hall–Kier alpha value is -2.64. The molecule has 6 nitrogen and oxygen atoms in total. The summed E-state index contributed by atoms with van der Waals surface area (Å²) < 4.78 is 29.8. The van der Waals surface area contributed by atoms with Gasteiger partial charge in [-0.2, -0.15) is 4.31 Å². The molecule has 33 heavy (non-hydrogen) atoms. The Balaban J connectivity index is 1.48. The molecule has 1 fully saturated rings. The van der Waals surface area contributed by atoms with E-state index in [0.717, 1.165) is 48.6 Å². The zero-order valence-electron chi connectivity index (χ0n) is 19.5. The molecule has 0 unspecified atom stereocenters. The lowest BCUT2D eigenvalue weighted by Gasteiger charge is -2.20. The van der Waals surface area contributed by atoms with E-state index in [9.17, 15) is 13.2 Å². The summed E-state index contributed by atoms with van der Waals surface area (Å²) in [5.74, 6) is -0.0756. The third-order valence-electron chi connectivity index (χ3n) is 6.59. The number of carbonyl (C=O) groups excluding carboxylic acids is 1. The number of nitrogens with one attached hydrogen (secondary N) is 1. The summed E-state index contributed by atoms with van der Waals surface area (Å²) >= 11 is 0. The summed E-state index contributed by atoms with van der Waals surface area (Å²) in [6.07, 6.45) is 6.83. The standard InChI is InChI=1S/C26H33N3O3S/c1-3-21-8-10-22(11-9-21)19-27-26(30)20(2)29-17-14-23-18-24(12-13-25(23)29)33(31,32)28-15-6-4-5-7-16-28/h8-14,17-18,20H,3-7,15-16,19H2,1-2H3,(H,27,30)/t20-/m1/s1. The topological polar surface area (TPSA) is 71.4 Å². The number of amides is 1. The minimum Gasteiger partial charge on any atom is -0.350 e. The predicted octanol–water partition coefficient (Wildman–Crippen LogP) is 4.65. The van der Waals surface area contributed by atoms with E-state index in [1.807, 2.05) is 42.0 Å². The van der Waals surface area contributed by atoms with Crippen molar-refractivity contribution in [3.8, 4) is 0 Å². The summed E-state index contributed by atoms with van der Waals surface area (Å²) in [6, 6.07) is 14.9. The molecule has 176 valence electrons. The minimum absolute atomic E-state index is 0.0756. The van der Waals surface area contributed by atoms with Crippen molar-refractivity contribution < 1.29 is 13.2 Å². The maximum Gasteiger partial charge on any atom is 0.243 e. The van der Waals surface area contributed by atoms with Crippen LogP contribution in [0.5, 0.6) is 0 Å². The fourth-order valence-electron chi connectivity index (χ4n) is 4.43. The smallest absolute Gasteiger partial charge is 0.243 e. The van der Waals surface area contributed by atoms with Crippen LogP contribution in [-0.4, -0.2) is 36.3 Å². The maximum atomic E-state index is 13.1. The Morgan fingerprint density at radius 2 is 1.64 bits per heavy atom. The Morgan fingerprint density at radius 3 is 2.30 bits per heavy atom. The van der Waals surface area contributed by atoms with Crippen molar-refractivity contribution in [2.24, 2.45) is 0 Å². The first-order valence-electron chi connectivity index (χ1n) is 11.9. The van der Waals surface area contributed by atoms with Gasteiger partial charge in [-0.25, -0.2) is 8.42 Å². The van der Waals surface area contributed by atoms with Crippen molar-refractivity contribution in [2.45, 2.75) is 63.4 Å². The summed E-state index contributed by atoms with van der Waals surface area (Å²) in [4.78, 5) is 13.1. The number of sulfonamides is 1. The molecule has 1 aliphatic rings. The highest BCUT2D eigenvalue weighted by atomic mass is 32.2. The molecule has 2 heterocycles. The highest BCUT2D eigenvalue weighted by Gasteiger charge is 2.26. The molecule has 0 saturated carbocycles. The lowest BCUT2D eigenvalue weighted by atomic mass is 10.1. The first-order chi connectivity index (χ1) is 15.9. The number of aryl methyl sites for hydroxylation is 1. The van der Waals surface area contributed by atoms with Crippen molar-refractivity contribution in [1.82, 2.24) is 14.2 Å². The van der Waals surface area contributed by atoms with Gasteiger partial charge in [-0.1, -0.05) is 44.0 Å². The van der Waals surface area contributed by atoms with E-state index in [1.54, 1.807) is 16.4 Å². The number of aromatic nitrogens is 1. The van der Waals surface area contributed by atoms with Crippen molar-refractivity contribution in [1.29, 1.82) is 0 Å². The normalized spacial score (nSPS) is 16.4. The lowest BCUT2D eigenvalue weighted by molar-refractivity contribution is -0.123. The SMILES string of the molecule is CCc1ccc(CNC(=O)[C@@H](C)n2ccc3cc(S(=O)(=O)N4CCCCCC4)ccc32)cc1. The first kappa shape index (κ1) is 23.5. The van der Waals surface area contributed by atoms with Crippen LogP contribution in [0.1, 0.15) is 56.7 Å². The summed E-state index contributed by atoms with van der Waals surface area (Å²) in [6.45, 7) is 5.62. The number of nitrogens with zero attached hydrogens (tertiary/aromatic N) is 2. The molecule has 1 atom stereocenters. The Labute approximate surface area is 196 Å². The largest absolute Gasteiger partial charge is 0.350 e. The number of benzene rings is 2. The quantitative estimate of drug-likeness (QED) is 0.550. The van der Waals surface area contributed by atoms with Gasteiger partial charge in [0.2, 0.25) is 15.9 Å². The highest BCUT2D eigenvalue weighted by molar-refractivity contribution is 7.89. The predicted molar refractivity (Wildman–Crippen MR) is 132 cm³/mol. The van der Waals surface area contributed by atoms with Crippen LogP contribution in [-0.2, 0) is 27.8 Å². The van der Waals surface area contributed by atoms with Crippen molar-refractivity contribution in [2.75, 3.05) is 13.1 Å². The molecule has 0 aliphatic carbocycles. The van der Waals surface area contributed by atoms with Crippen LogP contribution in [0, 0.1) is 0 Å². The summed E-state index contributed by atoms with van der Waals surface area (Å²) in [5, 5.41) is 3.83. The van der Waals surface area contributed by atoms with Gasteiger partial charge in [-0.05, 0) is 61.6 Å². The van der Waals surface area contributed by atoms with Gasteiger partial charge in [-0.15, -0.1) is 0 Å². The van der Waals surface area contributed by atoms with E-state index in [0.29, 0.717) is 24.5 Å². The Bertz CT molecular complexity index is 1210. The van der Waals surface area contributed by atoms with Gasteiger partial charge < -0.3 is 9.88 Å². The number of hydrogen-bond donors (Lipinski definition) is 1. The fourth-order valence-corrected chi connectivity index (χ4v) is 5.98. The van der Waals surface area contributed by atoms with E-state index in [1.165, 1.54) is 5.56 Å². The van der Waals surface area contributed by atoms with Gasteiger partial charge in [0, 0.05) is 36.7 Å². The molecular weight excluding hydrogens is 434 g/mol. The van der Waals surface area contributed by atoms with Gasteiger partial charge in [-0.3, -0.25) is 4.79 Å². The van der Waals surface area contributed by atoms with Crippen molar-refractivity contribution in [3.63, 3.8) is 0 Å². The first-order valence-corrected chi connectivity index (χ1v) is 13.3. The summed E-state index contributed by atoms with van der Waals surface area (Å²) in [7, 11) is -3.50. The van der Waals surface area contributed by atoms with Gasteiger partial charge in [0.25, 0.3) is 0 Å². The minimum atomic E-state index is -3.50. The van der Waals surface area contributed by atoms with Crippen LogP contribution in [0.25, 0.3) is 10.9 Å². The average molecular weight is 468 g/mol. The second kappa shape index (κ2) is 10.1. The van der Waals surface area contributed by atoms with E-state index in [-0.39, 0.29) is 5.91 Å². The van der Waals surface area contributed by atoms with E-state index >= 15 is 0 Å². The van der Waals surface area contributed by atoms with Gasteiger partial charge in [0.05, 0.1) is 4.90 Å². The van der Waals surface area contributed by atoms with Crippen molar-refractivity contribution in [3.05, 3.63) is 65.9 Å². The Kier molecular flexibility index (Phi) is 7.20. The van der Waals surface area contributed by atoms with E-state index < -0.39 is 16.1 Å². The number of carbonyl (C=O) groups is 1. The zero-order chi connectivity index (χ0) is 23.4. The number of hydrogen-bond acceptors (Lipinski definition) is 3. The van der Waals surface area contributed by atoms with Crippen molar-refractivity contribution >= 4 is 26.8 Å². The average Bonchev–Trinajstić information content (AvgIpc) is 3.05. The second-order valence-electron chi connectivity index (χ2n) is 8.83. The van der Waals surface area contributed by atoms with Gasteiger partial charge in [0.1, 0.15) is 6.04 Å². The molecule has 1 amide bonds. The zero-order valence-corrected chi connectivity index (χ0v) is 20.3. The summed E-state index contributed by atoms with van der Waals surface area (Å²) in [5.41, 5.74) is 3.18. The Morgan fingerprint density at radius 1 is 0.970 bits per heavy atom. The van der Waals surface area contributed by atoms with Crippen LogP contribution in [0.2, 0.25) is 0 Å². The molecule has 3 aromatic rings. The lowest BCUT2D eigenvalue weighted by Crippen LogP contribution is -2.32. The van der Waals surface area contributed by atoms with Crippen LogP contribution >= 0.6 is 0 Å². The third-order valence-corrected chi connectivity index (χ3v) is 8.48. The molecule has 0 spiro atoms. The molecular formula is C26H33N3O3S. The molecule has 7 heteroatoms. The molecule has 4 rings (SSSR count). The molecule has 0 bridgehead atoms. The molecule has 0 radical (unpaired) electrons. The maximum absolute atomic E-state index is 13.1. The van der Waals surface area contributed by atoms with Crippen LogP contribution in [0.3, 0.4) is 0 Å². The van der Waals surface area contributed by atoms with E-state index in [2.05, 4.69) is 24.4 Å². The number of fused-ring (bicyclic) bond motifs is 1. The molecule has 1 N–H and O–H groups in total. The van der Waals surface area contributed by atoms with E-state index in [4.69, 9.17) is 0 Å². The van der Waals surface area contributed by atoms with Crippen LogP contribution < -0.4 is 5.32 Å². The monoisotopic (exact) mass is 467 g/mol. The molecule has 1 saturated heterocycles. The molecule has 2 aromatic carbocycles. The second-order valence-corrected chi connectivity index (χ2v) is 10.8. The fraction of sp³-hybridized carbons (Fsp3) is 0.423. The molecule has 1 aromatic heterocycles. The van der Waals surface area contributed by atoms with Crippen LogP contribution in [0.15, 0.2) is 59.6 Å². The van der Waals surface area contributed by atoms with Gasteiger partial charge in [0.15, 0.2) is 0 Å². The van der Waals surface area contributed by atoms with Crippen LogP contribution in [0.4, 0.5) is 0 Å². The number of rotatable bonds is 7.